The Morgan fingerprint density at radius 1 is 1.13 bits per heavy atom. The summed E-state index contributed by atoms with van der Waals surface area (Å²) in [4.78, 5) is 16.9. The molecule has 4 nitrogen and oxygen atoms in total. The average molecular weight is 304 g/mol. The highest BCUT2D eigenvalue weighted by Gasteiger charge is 2.27. The second-order valence-corrected chi connectivity index (χ2v) is 5.62. The van der Waals surface area contributed by atoms with Crippen LogP contribution in [0.25, 0.3) is 10.8 Å². The van der Waals surface area contributed by atoms with Crippen molar-refractivity contribution in [3.63, 3.8) is 0 Å². The van der Waals surface area contributed by atoms with E-state index in [4.69, 9.17) is 4.74 Å². The number of carbonyl (C=O) groups excluding carboxylic acids is 1. The van der Waals surface area contributed by atoms with Crippen molar-refractivity contribution in [1.82, 2.24) is 4.98 Å². The van der Waals surface area contributed by atoms with Crippen LogP contribution in [-0.2, 0) is 4.79 Å². The summed E-state index contributed by atoms with van der Waals surface area (Å²) in [5.41, 5.74) is 1.78. The topological polar surface area (TPSA) is 51.2 Å². The Morgan fingerprint density at radius 2 is 2.04 bits per heavy atom. The Bertz CT molecular complexity index is 871. The van der Waals surface area contributed by atoms with Gasteiger partial charge in [-0.2, -0.15) is 0 Å². The molecule has 0 fully saturated rings. The van der Waals surface area contributed by atoms with Crippen LogP contribution in [0.15, 0.2) is 60.9 Å². The molecule has 4 heteroatoms. The van der Waals surface area contributed by atoms with E-state index >= 15 is 0 Å². The number of para-hydroxylation sites is 1. The zero-order chi connectivity index (χ0) is 15.6. The molecule has 0 spiro atoms. The summed E-state index contributed by atoms with van der Waals surface area (Å²) in [5, 5.41) is 5.08. The molecular weight excluding hydrogens is 288 g/mol. The van der Waals surface area contributed by atoms with Gasteiger partial charge in [0.05, 0.1) is 12.5 Å². The first-order valence-corrected chi connectivity index (χ1v) is 7.68. The number of ether oxygens (including phenoxy) is 1. The van der Waals surface area contributed by atoms with Crippen LogP contribution in [-0.4, -0.2) is 17.5 Å². The van der Waals surface area contributed by atoms with E-state index in [9.17, 15) is 4.79 Å². The molecule has 1 unspecified atom stereocenters. The number of nitrogens with zero attached hydrogens (tertiary/aromatic N) is 1. The van der Waals surface area contributed by atoms with E-state index < -0.39 is 0 Å². The summed E-state index contributed by atoms with van der Waals surface area (Å²) in [6.45, 7) is 0.564. The van der Waals surface area contributed by atoms with E-state index in [1.54, 1.807) is 12.4 Å². The predicted octanol–water partition coefficient (Wildman–Crippen LogP) is 3.74. The maximum Gasteiger partial charge on any atom is 0.232 e. The van der Waals surface area contributed by atoms with Gasteiger partial charge in [-0.15, -0.1) is 0 Å². The summed E-state index contributed by atoms with van der Waals surface area (Å²) in [6, 6.07) is 15.5. The number of amides is 1. The highest BCUT2D eigenvalue weighted by molar-refractivity contribution is 6.04. The molecule has 4 rings (SSSR count). The van der Waals surface area contributed by atoms with E-state index in [0.29, 0.717) is 13.0 Å². The van der Waals surface area contributed by atoms with Crippen molar-refractivity contribution in [1.29, 1.82) is 0 Å². The van der Waals surface area contributed by atoms with Crippen molar-refractivity contribution in [3.8, 4) is 5.75 Å². The summed E-state index contributed by atoms with van der Waals surface area (Å²) >= 11 is 0. The van der Waals surface area contributed by atoms with Crippen LogP contribution in [0, 0.1) is 0 Å². The minimum Gasteiger partial charge on any atom is -0.493 e. The van der Waals surface area contributed by atoms with Gasteiger partial charge in [0.1, 0.15) is 5.75 Å². The van der Waals surface area contributed by atoms with E-state index in [-0.39, 0.29) is 11.8 Å². The third kappa shape index (κ3) is 2.52. The molecule has 3 aromatic rings. The van der Waals surface area contributed by atoms with Crippen LogP contribution in [0.1, 0.15) is 17.9 Å². The predicted molar refractivity (Wildman–Crippen MR) is 89.7 cm³/mol. The van der Waals surface area contributed by atoms with Gasteiger partial charge in [0.2, 0.25) is 5.91 Å². The standard InChI is InChI=1S/C19H16N2O2/c22-19(16-9-11-23-18-7-2-1-5-15(16)18)21-17-6-3-4-13-12-20-10-8-14(13)17/h1-8,10,12,16H,9,11H2,(H,21,22). The lowest BCUT2D eigenvalue weighted by molar-refractivity contribution is -0.118. The number of anilines is 1. The van der Waals surface area contributed by atoms with E-state index in [0.717, 1.165) is 27.8 Å². The van der Waals surface area contributed by atoms with Gasteiger partial charge in [-0.25, -0.2) is 0 Å². The fraction of sp³-hybridized carbons (Fsp3) is 0.158. The Labute approximate surface area is 134 Å². The lowest BCUT2D eigenvalue weighted by Gasteiger charge is -2.25. The van der Waals surface area contributed by atoms with Crippen molar-refractivity contribution in [2.75, 3.05) is 11.9 Å². The zero-order valence-electron chi connectivity index (χ0n) is 12.5. The average Bonchev–Trinajstić information content (AvgIpc) is 2.61. The van der Waals surface area contributed by atoms with Crippen LogP contribution in [0.2, 0.25) is 0 Å². The molecule has 0 radical (unpaired) electrons. The van der Waals surface area contributed by atoms with Crippen LogP contribution < -0.4 is 10.1 Å². The third-order valence-corrected chi connectivity index (χ3v) is 4.21. The number of fused-ring (bicyclic) bond motifs is 2. The second kappa shape index (κ2) is 5.72. The summed E-state index contributed by atoms with van der Waals surface area (Å²) < 4.78 is 5.64. The Hall–Kier alpha value is -2.88. The number of carbonyl (C=O) groups is 1. The first kappa shape index (κ1) is 13.8. The van der Waals surface area contributed by atoms with Crippen molar-refractivity contribution in [2.45, 2.75) is 12.3 Å². The lowest BCUT2D eigenvalue weighted by Crippen LogP contribution is -2.26. The first-order chi connectivity index (χ1) is 11.3. The summed E-state index contributed by atoms with van der Waals surface area (Å²) in [6.07, 6.45) is 4.23. The highest BCUT2D eigenvalue weighted by Crippen LogP contribution is 2.34. The molecule has 0 saturated heterocycles. The number of aromatic nitrogens is 1. The van der Waals surface area contributed by atoms with Gasteiger partial charge >= 0.3 is 0 Å². The normalized spacial score (nSPS) is 16.4. The molecule has 1 amide bonds. The molecule has 1 aliphatic rings. The molecule has 114 valence electrons. The van der Waals surface area contributed by atoms with Gasteiger partial charge in [0, 0.05) is 34.4 Å². The molecule has 2 aromatic carbocycles. The van der Waals surface area contributed by atoms with Crippen molar-refractivity contribution in [3.05, 3.63) is 66.5 Å². The Morgan fingerprint density at radius 3 is 3.00 bits per heavy atom. The van der Waals surface area contributed by atoms with Gasteiger partial charge < -0.3 is 10.1 Å². The largest absolute Gasteiger partial charge is 0.493 e. The van der Waals surface area contributed by atoms with E-state index in [1.807, 2.05) is 48.5 Å². The smallest absolute Gasteiger partial charge is 0.232 e. The molecule has 0 saturated carbocycles. The quantitative estimate of drug-likeness (QED) is 0.784. The lowest BCUT2D eigenvalue weighted by atomic mass is 9.92. The van der Waals surface area contributed by atoms with Crippen molar-refractivity contribution >= 4 is 22.4 Å². The molecule has 1 N–H and O–H groups in total. The first-order valence-electron chi connectivity index (χ1n) is 7.68. The molecule has 1 atom stereocenters. The Balaban J connectivity index is 1.66. The van der Waals surface area contributed by atoms with Gasteiger partial charge in [-0.3, -0.25) is 9.78 Å². The summed E-state index contributed by atoms with van der Waals surface area (Å²) in [5.74, 6) is 0.628. The van der Waals surface area contributed by atoms with Gasteiger partial charge in [-0.05, 0) is 24.6 Å². The fourth-order valence-corrected chi connectivity index (χ4v) is 3.07. The molecular formula is C19H16N2O2. The van der Waals surface area contributed by atoms with Gasteiger partial charge in [-0.1, -0.05) is 30.3 Å². The molecule has 1 aromatic heterocycles. The van der Waals surface area contributed by atoms with Crippen LogP contribution in [0.3, 0.4) is 0 Å². The monoisotopic (exact) mass is 304 g/mol. The third-order valence-electron chi connectivity index (χ3n) is 4.21. The van der Waals surface area contributed by atoms with E-state index in [1.165, 1.54) is 0 Å². The number of hydrogen-bond acceptors (Lipinski definition) is 3. The van der Waals surface area contributed by atoms with Gasteiger partial charge in [0.25, 0.3) is 0 Å². The maximum absolute atomic E-state index is 12.8. The van der Waals surface area contributed by atoms with Crippen LogP contribution in [0.5, 0.6) is 5.75 Å². The molecule has 1 aliphatic heterocycles. The van der Waals surface area contributed by atoms with Gasteiger partial charge in [0.15, 0.2) is 0 Å². The minimum atomic E-state index is -0.183. The second-order valence-electron chi connectivity index (χ2n) is 5.62. The van der Waals surface area contributed by atoms with Crippen molar-refractivity contribution < 1.29 is 9.53 Å². The minimum absolute atomic E-state index is 0.00469. The van der Waals surface area contributed by atoms with Crippen LogP contribution in [0.4, 0.5) is 5.69 Å². The Kier molecular flexibility index (Phi) is 3.42. The SMILES string of the molecule is O=C(Nc1cccc2cnccc12)C1CCOc2ccccc21. The molecule has 0 bridgehead atoms. The zero-order valence-corrected chi connectivity index (χ0v) is 12.5. The molecule has 23 heavy (non-hydrogen) atoms. The summed E-state index contributed by atoms with van der Waals surface area (Å²) in [7, 11) is 0. The van der Waals surface area contributed by atoms with Crippen LogP contribution >= 0.6 is 0 Å². The van der Waals surface area contributed by atoms with Crippen molar-refractivity contribution in [2.24, 2.45) is 0 Å². The van der Waals surface area contributed by atoms with E-state index in [2.05, 4.69) is 10.3 Å². The maximum atomic E-state index is 12.8. The molecule has 2 heterocycles. The number of rotatable bonds is 2. The number of pyridine rings is 1. The highest BCUT2D eigenvalue weighted by atomic mass is 16.5. The number of hydrogen-bond donors (Lipinski definition) is 1. The molecule has 0 aliphatic carbocycles. The number of benzene rings is 2. The fourth-order valence-electron chi connectivity index (χ4n) is 3.07. The number of nitrogens with one attached hydrogen (secondary N) is 1.